The molecule has 3 heteroatoms. The highest BCUT2D eigenvalue weighted by atomic mass is 19.1. The van der Waals surface area contributed by atoms with E-state index in [-0.39, 0.29) is 12.4 Å². The zero-order chi connectivity index (χ0) is 8.55. The molecule has 0 aliphatic carbocycles. The van der Waals surface area contributed by atoms with E-state index < -0.39 is 0 Å². The molecule has 2 nitrogen and oxygen atoms in total. The first kappa shape index (κ1) is 7.31. The molecular weight excluding hydrogens is 157 g/mol. The van der Waals surface area contributed by atoms with Crippen molar-refractivity contribution < 1.29 is 9.50 Å². The summed E-state index contributed by atoms with van der Waals surface area (Å²) in [6.45, 7) is -0.0660. The van der Waals surface area contributed by atoms with E-state index in [1.807, 2.05) is 0 Å². The van der Waals surface area contributed by atoms with Crippen LogP contribution in [0.2, 0.25) is 0 Å². The first-order valence-corrected chi connectivity index (χ1v) is 3.68. The lowest BCUT2D eigenvalue weighted by Crippen LogP contribution is -1.79. The van der Waals surface area contributed by atoms with Crippen LogP contribution in [0.1, 0.15) is 5.56 Å². The van der Waals surface area contributed by atoms with Crippen LogP contribution in [0, 0.1) is 5.82 Å². The Balaban J connectivity index is 2.80. The van der Waals surface area contributed by atoms with Crippen molar-refractivity contribution in [3.63, 3.8) is 0 Å². The molecule has 0 aliphatic rings. The Hall–Kier alpha value is -1.35. The molecule has 2 N–H and O–H groups in total. The van der Waals surface area contributed by atoms with Crippen molar-refractivity contribution in [3.05, 3.63) is 35.8 Å². The van der Waals surface area contributed by atoms with E-state index in [4.69, 9.17) is 5.11 Å². The predicted molar refractivity (Wildman–Crippen MR) is 44.2 cm³/mol. The van der Waals surface area contributed by atoms with Gasteiger partial charge in [-0.2, -0.15) is 0 Å². The van der Waals surface area contributed by atoms with Gasteiger partial charge in [-0.25, -0.2) is 4.39 Å². The molecule has 1 aromatic carbocycles. The fourth-order valence-electron chi connectivity index (χ4n) is 1.31. The largest absolute Gasteiger partial charge is 0.392 e. The lowest BCUT2D eigenvalue weighted by atomic mass is 10.2. The highest BCUT2D eigenvalue weighted by molar-refractivity contribution is 5.83. The number of benzene rings is 1. The van der Waals surface area contributed by atoms with Crippen LogP contribution in [0.4, 0.5) is 4.39 Å². The van der Waals surface area contributed by atoms with Gasteiger partial charge in [0.05, 0.1) is 12.1 Å². The minimum Gasteiger partial charge on any atom is -0.392 e. The molecule has 0 saturated heterocycles. The van der Waals surface area contributed by atoms with Crippen molar-refractivity contribution >= 4 is 10.9 Å². The summed E-state index contributed by atoms with van der Waals surface area (Å²) in [5.74, 6) is -0.285. The van der Waals surface area contributed by atoms with Crippen molar-refractivity contribution in [3.8, 4) is 0 Å². The SMILES string of the molecule is OCc1c[nH]c2c(F)cccc12. The van der Waals surface area contributed by atoms with E-state index in [1.165, 1.54) is 6.07 Å². The Morgan fingerprint density at radius 3 is 3.00 bits per heavy atom. The van der Waals surface area contributed by atoms with Gasteiger partial charge in [-0.1, -0.05) is 12.1 Å². The van der Waals surface area contributed by atoms with Crippen LogP contribution in [0.15, 0.2) is 24.4 Å². The van der Waals surface area contributed by atoms with E-state index >= 15 is 0 Å². The Morgan fingerprint density at radius 2 is 2.25 bits per heavy atom. The zero-order valence-corrected chi connectivity index (χ0v) is 6.34. The molecule has 0 aliphatic heterocycles. The van der Waals surface area contributed by atoms with Gasteiger partial charge < -0.3 is 10.1 Å². The number of hydrogen-bond acceptors (Lipinski definition) is 1. The van der Waals surface area contributed by atoms with E-state index in [0.29, 0.717) is 5.52 Å². The molecule has 0 fully saturated rings. The average Bonchev–Trinajstić information content (AvgIpc) is 2.49. The third-order valence-corrected chi connectivity index (χ3v) is 1.92. The summed E-state index contributed by atoms with van der Waals surface area (Å²) in [4.78, 5) is 2.77. The standard InChI is InChI=1S/C9H8FNO/c10-8-3-1-2-7-6(5-12)4-11-9(7)8/h1-4,11-12H,5H2. The first-order chi connectivity index (χ1) is 5.83. The number of nitrogens with one attached hydrogen (secondary N) is 1. The fraction of sp³-hybridized carbons (Fsp3) is 0.111. The molecule has 1 aromatic heterocycles. The number of para-hydroxylation sites is 1. The van der Waals surface area contributed by atoms with Gasteiger partial charge in [0.2, 0.25) is 0 Å². The second-order valence-electron chi connectivity index (χ2n) is 2.63. The Kier molecular flexibility index (Phi) is 1.59. The van der Waals surface area contributed by atoms with Crippen LogP contribution >= 0.6 is 0 Å². The maximum Gasteiger partial charge on any atom is 0.147 e. The normalized spacial score (nSPS) is 10.8. The van der Waals surface area contributed by atoms with Crippen LogP contribution in [-0.4, -0.2) is 10.1 Å². The molecule has 0 radical (unpaired) electrons. The zero-order valence-electron chi connectivity index (χ0n) is 6.34. The lowest BCUT2D eigenvalue weighted by Gasteiger charge is -1.92. The highest BCUT2D eigenvalue weighted by Crippen LogP contribution is 2.20. The predicted octanol–water partition coefficient (Wildman–Crippen LogP) is 1.80. The third kappa shape index (κ3) is 0.905. The molecular formula is C9H8FNO. The summed E-state index contributed by atoms with van der Waals surface area (Å²) in [5, 5.41) is 9.62. The molecule has 0 bridgehead atoms. The maximum atomic E-state index is 13.0. The molecule has 1 heterocycles. The number of rotatable bonds is 1. The molecule has 2 aromatic rings. The van der Waals surface area contributed by atoms with Gasteiger partial charge in [-0.15, -0.1) is 0 Å². The lowest BCUT2D eigenvalue weighted by molar-refractivity contribution is 0.283. The number of aliphatic hydroxyl groups is 1. The smallest absolute Gasteiger partial charge is 0.147 e. The van der Waals surface area contributed by atoms with Gasteiger partial charge in [0.25, 0.3) is 0 Å². The molecule has 12 heavy (non-hydrogen) atoms. The summed E-state index contributed by atoms with van der Waals surface area (Å²) >= 11 is 0. The quantitative estimate of drug-likeness (QED) is 0.664. The topological polar surface area (TPSA) is 36.0 Å². The molecule has 62 valence electrons. The van der Waals surface area contributed by atoms with Crippen molar-refractivity contribution in [2.45, 2.75) is 6.61 Å². The number of aliphatic hydroxyl groups excluding tert-OH is 1. The van der Waals surface area contributed by atoms with E-state index in [2.05, 4.69) is 4.98 Å². The highest BCUT2D eigenvalue weighted by Gasteiger charge is 2.04. The number of hydrogen-bond donors (Lipinski definition) is 2. The van der Waals surface area contributed by atoms with Gasteiger partial charge in [0, 0.05) is 17.1 Å². The fourth-order valence-corrected chi connectivity index (χ4v) is 1.31. The Labute approximate surface area is 68.6 Å². The van der Waals surface area contributed by atoms with E-state index in [1.54, 1.807) is 18.3 Å². The van der Waals surface area contributed by atoms with Crippen molar-refractivity contribution in [1.29, 1.82) is 0 Å². The van der Waals surface area contributed by atoms with Crippen LogP contribution in [-0.2, 0) is 6.61 Å². The summed E-state index contributed by atoms with van der Waals surface area (Å²) in [5.41, 5.74) is 1.19. The van der Waals surface area contributed by atoms with Gasteiger partial charge in [-0.3, -0.25) is 0 Å². The minimum absolute atomic E-state index is 0.0660. The molecule has 0 unspecified atom stereocenters. The van der Waals surface area contributed by atoms with Crippen molar-refractivity contribution in [2.75, 3.05) is 0 Å². The number of aromatic nitrogens is 1. The van der Waals surface area contributed by atoms with E-state index in [9.17, 15) is 4.39 Å². The van der Waals surface area contributed by atoms with Crippen molar-refractivity contribution in [1.82, 2.24) is 4.98 Å². The maximum absolute atomic E-state index is 13.0. The molecule has 0 spiro atoms. The summed E-state index contributed by atoms with van der Waals surface area (Å²) in [6, 6.07) is 4.80. The van der Waals surface area contributed by atoms with Gasteiger partial charge in [-0.05, 0) is 6.07 Å². The molecule has 0 atom stereocenters. The summed E-state index contributed by atoms with van der Waals surface area (Å²) in [7, 11) is 0. The van der Waals surface area contributed by atoms with Crippen LogP contribution < -0.4 is 0 Å². The summed E-state index contributed by atoms with van der Waals surface area (Å²) in [6.07, 6.45) is 1.62. The van der Waals surface area contributed by atoms with Crippen LogP contribution in [0.3, 0.4) is 0 Å². The van der Waals surface area contributed by atoms with E-state index in [0.717, 1.165) is 10.9 Å². The number of fused-ring (bicyclic) bond motifs is 1. The second kappa shape index (κ2) is 2.60. The van der Waals surface area contributed by atoms with Gasteiger partial charge in [0.1, 0.15) is 5.82 Å². The van der Waals surface area contributed by atoms with Crippen LogP contribution in [0.25, 0.3) is 10.9 Å². The number of H-pyrrole nitrogens is 1. The first-order valence-electron chi connectivity index (χ1n) is 3.68. The monoisotopic (exact) mass is 165 g/mol. The van der Waals surface area contributed by atoms with Crippen LogP contribution in [0.5, 0.6) is 0 Å². The van der Waals surface area contributed by atoms with Gasteiger partial charge in [0.15, 0.2) is 0 Å². The number of halogens is 1. The summed E-state index contributed by atoms with van der Waals surface area (Å²) < 4.78 is 13.0. The molecule has 0 saturated carbocycles. The third-order valence-electron chi connectivity index (χ3n) is 1.92. The van der Waals surface area contributed by atoms with Gasteiger partial charge >= 0.3 is 0 Å². The molecule has 0 amide bonds. The average molecular weight is 165 g/mol. The second-order valence-corrected chi connectivity index (χ2v) is 2.63. The van der Waals surface area contributed by atoms with Crippen molar-refractivity contribution in [2.24, 2.45) is 0 Å². The number of aromatic amines is 1. The Morgan fingerprint density at radius 1 is 1.42 bits per heavy atom. The Bertz CT molecular complexity index is 408. The molecule has 2 rings (SSSR count). The minimum atomic E-state index is -0.285.